The number of aromatic nitrogens is 1. The van der Waals surface area contributed by atoms with Gasteiger partial charge in [0.25, 0.3) is 0 Å². The molecule has 1 aromatic carbocycles. The zero-order valence-electron chi connectivity index (χ0n) is 9.23. The maximum Gasteiger partial charge on any atom is 0.121 e. The van der Waals surface area contributed by atoms with E-state index in [1.807, 2.05) is 36.4 Å². The number of hydrogen-bond acceptors (Lipinski definition) is 3. The molecule has 0 bridgehead atoms. The number of nitrogens with zero attached hydrogens (tertiary/aromatic N) is 1. The number of nitriles is 1. The summed E-state index contributed by atoms with van der Waals surface area (Å²) in [6, 6.07) is 13.2. The average Bonchev–Trinajstić information content (AvgIpc) is 2.39. The molecule has 0 spiro atoms. The number of ether oxygens (including phenoxy) is 1. The molecule has 3 nitrogen and oxygen atoms in total. The predicted molar refractivity (Wildman–Crippen MR) is 68.3 cm³/mol. The summed E-state index contributed by atoms with van der Waals surface area (Å²) in [4.78, 5) is 3.03. The Balaban J connectivity index is 2.43. The lowest BCUT2D eigenvalue weighted by atomic mass is 10.1. The monoisotopic (exact) mass is 242 g/mol. The van der Waals surface area contributed by atoms with E-state index in [9.17, 15) is 0 Å². The SMILES string of the molecule is COc1ccc(-c2ccc(C#N)c(=S)[nH]2)cc1. The molecular formula is C13H10N2OS. The van der Waals surface area contributed by atoms with E-state index in [1.165, 1.54) is 0 Å². The van der Waals surface area contributed by atoms with Crippen LogP contribution in [0, 0.1) is 16.0 Å². The van der Waals surface area contributed by atoms with Gasteiger partial charge in [0.2, 0.25) is 0 Å². The summed E-state index contributed by atoms with van der Waals surface area (Å²) in [6.45, 7) is 0. The molecule has 1 N–H and O–H groups in total. The molecule has 0 amide bonds. The highest BCUT2D eigenvalue weighted by Gasteiger charge is 2.00. The highest BCUT2D eigenvalue weighted by atomic mass is 32.1. The van der Waals surface area contributed by atoms with Crippen LogP contribution < -0.4 is 4.74 Å². The fourth-order valence-corrected chi connectivity index (χ4v) is 1.72. The minimum Gasteiger partial charge on any atom is -0.497 e. The van der Waals surface area contributed by atoms with Crippen molar-refractivity contribution in [2.24, 2.45) is 0 Å². The molecule has 1 heterocycles. The Morgan fingerprint density at radius 2 is 1.88 bits per heavy atom. The van der Waals surface area contributed by atoms with Gasteiger partial charge in [-0.3, -0.25) is 0 Å². The molecule has 4 heteroatoms. The molecule has 0 aliphatic carbocycles. The molecule has 0 unspecified atom stereocenters. The Morgan fingerprint density at radius 1 is 1.18 bits per heavy atom. The fraction of sp³-hybridized carbons (Fsp3) is 0.0769. The minimum atomic E-state index is 0.459. The molecule has 1 aromatic heterocycles. The van der Waals surface area contributed by atoms with Gasteiger partial charge in [-0.25, -0.2) is 0 Å². The summed E-state index contributed by atoms with van der Waals surface area (Å²) in [5.74, 6) is 0.806. The Labute approximate surface area is 104 Å². The van der Waals surface area contributed by atoms with Crippen molar-refractivity contribution in [2.45, 2.75) is 0 Å². The number of pyridine rings is 1. The summed E-state index contributed by atoms with van der Waals surface area (Å²) >= 11 is 5.08. The van der Waals surface area contributed by atoms with Gasteiger partial charge in [0.15, 0.2) is 0 Å². The number of H-pyrrole nitrogens is 1. The summed E-state index contributed by atoms with van der Waals surface area (Å²) < 4.78 is 5.55. The molecule has 2 aromatic rings. The summed E-state index contributed by atoms with van der Waals surface area (Å²) in [6.07, 6.45) is 0. The lowest BCUT2D eigenvalue weighted by Crippen LogP contribution is -1.88. The molecule has 0 aliphatic heterocycles. The third-order valence-corrected chi connectivity index (χ3v) is 2.75. The summed E-state index contributed by atoms with van der Waals surface area (Å²) in [7, 11) is 1.63. The van der Waals surface area contributed by atoms with Gasteiger partial charge in [0, 0.05) is 5.69 Å². The Kier molecular flexibility index (Phi) is 3.22. The number of nitrogens with one attached hydrogen (secondary N) is 1. The van der Waals surface area contributed by atoms with Crippen LogP contribution in [0.15, 0.2) is 36.4 Å². The van der Waals surface area contributed by atoms with Gasteiger partial charge >= 0.3 is 0 Å². The largest absolute Gasteiger partial charge is 0.497 e. The van der Waals surface area contributed by atoms with Crippen LogP contribution in [0.5, 0.6) is 5.75 Å². The van der Waals surface area contributed by atoms with Crippen molar-refractivity contribution in [3.05, 3.63) is 46.6 Å². The molecule has 0 atom stereocenters. The van der Waals surface area contributed by atoms with Gasteiger partial charge in [-0.05, 0) is 42.0 Å². The van der Waals surface area contributed by atoms with Crippen molar-refractivity contribution in [1.29, 1.82) is 5.26 Å². The van der Waals surface area contributed by atoms with Crippen LogP contribution in [0.1, 0.15) is 5.56 Å². The maximum absolute atomic E-state index is 8.79. The number of hydrogen-bond donors (Lipinski definition) is 1. The second-order valence-corrected chi connectivity index (χ2v) is 3.86. The summed E-state index contributed by atoms with van der Waals surface area (Å²) in [5.41, 5.74) is 2.37. The highest BCUT2D eigenvalue weighted by Crippen LogP contribution is 2.20. The molecular weight excluding hydrogens is 232 g/mol. The van der Waals surface area contributed by atoms with Crippen LogP contribution in [0.2, 0.25) is 0 Å². The summed E-state index contributed by atoms with van der Waals surface area (Å²) in [5, 5.41) is 8.79. The maximum atomic E-state index is 8.79. The smallest absolute Gasteiger partial charge is 0.121 e. The molecule has 17 heavy (non-hydrogen) atoms. The molecule has 0 radical (unpaired) electrons. The van der Waals surface area contributed by atoms with Crippen molar-refractivity contribution < 1.29 is 4.74 Å². The van der Waals surface area contributed by atoms with Crippen molar-refractivity contribution in [3.8, 4) is 23.1 Å². The van der Waals surface area contributed by atoms with Crippen molar-refractivity contribution >= 4 is 12.2 Å². The molecule has 0 aliphatic rings. The third-order valence-electron chi connectivity index (χ3n) is 2.43. The highest BCUT2D eigenvalue weighted by molar-refractivity contribution is 7.71. The topological polar surface area (TPSA) is 48.8 Å². The standard InChI is InChI=1S/C13H10N2OS/c1-16-11-5-2-9(3-6-11)12-7-4-10(8-14)13(17)15-12/h2-7H,1H3,(H,15,17). The van der Waals surface area contributed by atoms with Gasteiger partial charge in [0.1, 0.15) is 16.5 Å². The number of aromatic amines is 1. The van der Waals surface area contributed by atoms with Gasteiger partial charge in [0.05, 0.1) is 12.7 Å². The Bertz CT molecular complexity index is 623. The number of benzene rings is 1. The van der Waals surface area contributed by atoms with Gasteiger partial charge in [-0.2, -0.15) is 5.26 Å². The fourth-order valence-electron chi connectivity index (χ4n) is 1.50. The van der Waals surface area contributed by atoms with Crippen molar-refractivity contribution in [1.82, 2.24) is 4.98 Å². The van der Waals surface area contributed by atoms with E-state index in [2.05, 4.69) is 4.98 Å². The normalized spacial score (nSPS) is 9.65. The average molecular weight is 242 g/mol. The van der Waals surface area contributed by atoms with Crippen LogP contribution in [0.25, 0.3) is 11.3 Å². The first kappa shape index (κ1) is 11.4. The Hall–Kier alpha value is -2.12. The van der Waals surface area contributed by atoms with Crippen molar-refractivity contribution in [2.75, 3.05) is 7.11 Å². The van der Waals surface area contributed by atoms with Crippen LogP contribution in [-0.2, 0) is 0 Å². The van der Waals surface area contributed by atoms with E-state index in [4.69, 9.17) is 22.2 Å². The van der Waals surface area contributed by atoms with Crippen LogP contribution in [0.3, 0.4) is 0 Å². The lowest BCUT2D eigenvalue weighted by Gasteiger charge is -2.04. The molecule has 0 saturated heterocycles. The predicted octanol–water partition coefficient (Wildman–Crippen LogP) is 3.29. The van der Waals surface area contributed by atoms with Crippen LogP contribution in [-0.4, -0.2) is 12.1 Å². The molecule has 0 saturated carbocycles. The van der Waals surface area contributed by atoms with E-state index in [0.717, 1.165) is 17.0 Å². The quantitative estimate of drug-likeness (QED) is 0.822. The number of methoxy groups -OCH3 is 1. The van der Waals surface area contributed by atoms with Crippen molar-refractivity contribution in [3.63, 3.8) is 0 Å². The van der Waals surface area contributed by atoms with E-state index in [-0.39, 0.29) is 0 Å². The minimum absolute atomic E-state index is 0.459. The first-order valence-electron chi connectivity index (χ1n) is 5.02. The second-order valence-electron chi connectivity index (χ2n) is 3.46. The zero-order valence-corrected chi connectivity index (χ0v) is 10.0. The van der Waals surface area contributed by atoms with Crippen LogP contribution in [0.4, 0.5) is 0 Å². The van der Waals surface area contributed by atoms with Gasteiger partial charge < -0.3 is 9.72 Å². The number of rotatable bonds is 2. The zero-order chi connectivity index (χ0) is 12.3. The van der Waals surface area contributed by atoms with Gasteiger partial charge in [-0.1, -0.05) is 12.2 Å². The molecule has 0 fully saturated rings. The Morgan fingerprint density at radius 3 is 2.41 bits per heavy atom. The lowest BCUT2D eigenvalue weighted by molar-refractivity contribution is 0.415. The molecule has 84 valence electrons. The van der Waals surface area contributed by atoms with Gasteiger partial charge in [-0.15, -0.1) is 0 Å². The van der Waals surface area contributed by atoms with E-state index in [1.54, 1.807) is 13.2 Å². The van der Waals surface area contributed by atoms with E-state index >= 15 is 0 Å². The second kappa shape index (κ2) is 4.81. The van der Waals surface area contributed by atoms with E-state index in [0.29, 0.717) is 10.2 Å². The van der Waals surface area contributed by atoms with E-state index < -0.39 is 0 Å². The molecule has 2 rings (SSSR count). The first-order chi connectivity index (χ1) is 8.24. The first-order valence-corrected chi connectivity index (χ1v) is 5.43. The van der Waals surface area contributed by atoms with Crippen LogP contribution >= 0.6 is 12.2 Å². The third kappa shape index (κ3) is 2.35.